The number of thiophene rings is 1. The average molecular weight is 439 g/mol. The van der Waals surface area contributed by atoms with Gasteiger partial charge in [-0.25, -0.2) is 4.39 Å². The van der Waals surface area contributed by atoms with Crippen LogP contribution in [0.2, 0.25) is 0 Å². The number of thioether (sulfide) groups is 1. The molecule has 0 bridgehead atoms. The Morgan fingerprint density at radius 3 is 2.50 bits per heavy atom. The number of nitrogens with one attached hydrogen (secondary N) is 1. The maximum absolute atomic E-state index is 13.3. The first-order valence-corrected chi connectivity index (χ1v) is 10.7. The summed E-state index contributed by atoms with van der Waals surface area (Å²) in [7, 11) is 0. The number of rotatable bonds is 6. The second kappa shape index (κ2) is 8.60. The molecule has 0 unspecified atom stereocenters. The molecule has 2 heterocycles. The average Bonchev–Trinajstić information content (AvgIpc) is 3.21. The standard InChI is InChI=1S/C21H15FN4O2S2/c22-13-7-5-12(6-8-13)18-14-3-1-2-4-15(14)21(26-25-18)30-11-17(27)24-20-16(19(23)28)9-10-29-20/h1-10H,11H2,(H2,23,28)(H,24,27). The fourth-order valence-corrected chi connectivity index (χ4v) is 4.48. The molecule has 0 aliphatic carbocycles. The summed E-state index contributed by atoms with van der Waals surface area (Å²) in [6.45, 7) is 0. The van der Waals surface area contributed by atoms with Gasteiger partial charge in [0.1, 0.15) is 21.5 Å². The number of fused-ring (bicyclic) bond motifs is 1. The van der Waals surface area contributed by atoms with E-state index >= 15 is 0 Å². The highest BCUT2D eigenvalue weighted by atomic mass is 32.2. The predicted octanol–water partition coefficient (Wildman–Crippen LogP) is 4.33. The number of hydrogen-bond donors (Lipinski definition) is 2. The summed E-state index contributed by atoms with van der Waals surface area (Å²) in [5, 5.41) is 15.7. The van der Waals surface area contributed by atoms with Crippen LogP contribution in [0.5, 0.6) is 0 Å². The predicted molar refractivity (Wildman–Crippen MR) is 117 cm³/mol. The molecule has 0 fully saturated rings. The summed E-state index contributed by atoms with van der Waals surface area (Å²) in [4.78, 5) is 23.7. The van der Waals surface area contributed by atoms with Crippen molar-refractivity contribution in [2.45, 2.75) is 5.03 Å². The molecule has 2 aromatic heterocycles. The molecule has 6 nitrogen and oxygen atoms in total. The summed E-state index contributed by atoms with van der Waals surface area (Å²) in [5.41, 5.74) is 6.99. The normalized spacial score (nSPS) is 10.8. The van der Waals surface area contributed by atoms with E-state index in [0.29, 0.717) is 15.7 Å². The van der Waals surface area contributed by atoms with E-state index in [-0.39, 0.29) is 23.0 Å². The molecule has 2 aromatic carbocycles. The third kappa shape index (κ3) is 4.17. The van der Waals surface area contributed by atoms with Gasteiger partial charge in [-0.15, -0.1) is 21.5 Å². The van der Waals surface area contributed by atoms with Gasteiger partial charge in [-0.1, -0.05) is 36.0 Å². The summed E-state index contributed by atoms with van der Waals surface area (Å²) in [6.07, 6.45) is 0. The van der Waals surface area contributed by atoms with Gasteiger partial charge in [-0.2, -0.15) is 0 Å². The van der Waals surface area contributed by atoms with Gasteiger partial charge in [0, 0.05) is 16.3 Å². The van der Waals surface area contributed by atoms with Crippen LogP contribution in [0, 0.1) is 5.82 Å². The zero-order valence-electron chi connectivity index (χ0n) is 15.5. The molecule has 0 spiro atoms. The Bertz CT molecular complexity index is 1240. The highest BCUT2D eigenvalue weighted by Crippen LogP contribution is 2.32. The van der Waals surface area contributed by atoms with Gasteiger partial charge < -0.3 is 11.1 Å². The van der Waals surface area contributed by atoms with Gasteiger partial charge in [0.15, 0.2) is 0 Å². The quantitative estimate of drug-likeness (QED) is 0.437. The van der Waals surface area contributed by atoms with Gasteiger partial charge in [-0.05, 0) is 35.7 Å². The van der Waals surface area contributed by atoms with E-state index in [4.69, 9.17) is 5.73 Å². The van der Waals surface area contributed by atoms with Crippen molar-refractivity contribution < 1.29 is 14.0 Å². The Morgan fingerprint density at radius 1 is 1.03 bits per heavy atom. The van der Waals surface area contributed by atoms with Crippen molar-refractivity contribution in [2.75, 3.05) is 11.1 Å². The lowest BCUT2D eigenvalue weighted by Gasteiger charge is -2.09. The first-order valence-electron chi connectivity index (χ1n) is 8.84. The van der Waals surface area contributed by atoms with Crippen LogP contribution in [0.4, 0.5) is 9.39 Å². The minimum absolute atomic E-state index is 0.0880. The molecule has 0 saturated carbocycles. The molecule has 9 heteroatoms. The van der Waals surface area contributed by atoms with Gasteiger partial charge in [0.2, 0.25) is 5.91 Å². The number of benzene rings is 2. The zero-order valence-corrected chi connectivity index (χ0v) is 17.1. The maximum atomic E-state index is 13.3. The number of carbonyl (C=O) groups excluding carboxylic acids is 2. The molecule has 2 amide bonds. The number of halogens is 1. The van der Waals surface area contributed by atoms with E-state index in [1.54, 1.807) is 23.6 Å². The van der Waals surface area contributed by atoms with Crippen LogP contribution >= 0.6 is 23.1 Å². The molecule has 0 atom stereocenters. The Balaban J connectivity index is 1.56. The van der Waals surface area contributed by atoms with Crippen LogP contribution in [0.25, 0.3) is 22.0 Å². The van der Waals surface area contributed by atoms with Crippen molar-refractivity contribution in [1.82, 2.24) is 10.2 Å². The summed E-state index contributed by atoms with van der Waals surface area (Å²) >= 11 is 2.48. The minimum atomic E-state index is -0.590. The van der Waals surface area contributed by atoms with E-state index < -0.39 is 5.91 Å². The van der Waals surface area contributed by atoms with Gasteiger partial charge in [0.05, 0.1) is 11.3 Å². The number of primary amides is 1. The zero-order chi connectivity index (χ0) is 21.1. The highest BCUT2D eigenvalue weighted by Gasteiger charge is 2.15. The number of nitrogens with zero attached hydrogens (tertiary/aromatic N) is 2. The molecule has 0 aliphatic rings. The number of aromatic nitrogens is 2. The highest BCUT2D eigenvalue weighted by molar-refractivity contribution is 8.00. The van der Waals surface area contributed by atoms with E-state index in [1.807, 2.05) is 24.3 Å². The molecular weight excluding hydrogens is 423 g/mol. The first kappa shape index (κ1) is 20.0. The Hall–Kier alpha value is -3.30. The Labute approximate surface area is 179 Å². The molecule has 4 aromatic rings. The van der Waals surface area contributed by atoms with Crippen molar-refractivity contribution in [1.29, 1.82) is 0 Å². The minimum Gasteiger partial charge on any atom is -0.366 e. The summed E-state index contributed by atoms with van der Waals surface area (Å²) < 4.78 is 13.3. The third-order valence-electron chi connectivity index (χ3n) is 4.29. The van der Waals surface area contributed by atoms with Crippen molar-refractivity contribution in [2.24, 2.45) is 5.73 Å². The molecule has 150 valence electrons. The number of nitrogens with two attached hydrogens (primary N) is 1. The molecule has 30 heavy (non-hydrogen) atoms. The van der Waals surface area contributed by atoms with Crippen molar-refractivity contribution in [3.05, 3.63) is 71.4 Å². The lowest BCUT2D eigenvalue weighted by atomic mass is 10.1. The van der Waals surface area contributed by atoms with Gasteiger partial charge >= 0.3 is 0 Å². The number of carbonyl (C=O) groups is 2. The topological polar surface area (TPSA) is 98.0 Å². The van der Waals surface area contributed by atoms with Crippen LogP contribution in [-0.4, -0.2) is 27.8 Å². The molecule has 0 saturated heterocycles. The number of hydrogen-bond acceptors (Lipinski definition) is 6. The van der Waals surface area contributed by atoms with E-state index in [1.165, 1.54) is 35.2 Å². The van der Waals surface area contributed by atoms with Crippen LogP contribution < -0.4 is 11.1 Å². The molecular formula is C21H15FN4O2S2. The monoisotopic (exact) mass is 438 g/mol. The number of anilines is 1. The molecule has 3 N–H and O–H groups in total. The van der Waals surface area contributed by atoms with Crippen molar-refractivity contribution in [3.63, 3.8) is 0 Å². The van der Waals surface area contributed by atoms with Crippen LogP contribution in [0.15, 0.2) is 65.0 Å². The fourth-order valence-electron chi connectivity index (χ4n) is 2.90. The first-order chi connectivity index (χ1) is 14.5. The number of amides is 2. The van der Waals surface area contributed by atoms with Crippen molar-refractivity contribution in [3.8, 4) is 11.3 Å². The second-order valence-electron chi connectivity index (χ2n) is 6.27. The van der Waals surface area contributed by atoms with Gasteiger partial charge in [-0.3, -0.25) is 9.59 Å². The lowest BCUT2D eigenvalue weighted by Crippen LogP contribution is -2.17. The van der Waals surface area contributed by atoms with Crippen LogP contribution in [0.1, 0.15) is 10.4 Å². The largest absolute Gasteiger partial charge is 0.366 e. The van der Waals surface area contributed by atoms with Crippen LogP contribution in [0.3, 0.4) is 0 Å². The molecule has 0 aliphatic heterocycles. The SMILES string of the molecule is NC(=O)c1ccsc1NC(=O)CSc1nnc(-c2ccc(F)cc2)c2ccccc12. The Morgan fingerprint density at radius 2 is 1.77 bits per heavy atom. The second-order valence-corrected chi connectivity index (χ2v) is 8.15. The van der Waals surface area contributed by atoms with Gasteiger partial charge in [0.25, 0.3) is 5.91 Å². The maximum Gasteiger partial charge on any atom is 0.251 e. The molecule has 4 rings (SSSR count). The van der Waals surface area contributed by atoms with E-state index in [0.717, 1.165) is 16.3 Å². The van der Waals surface area contributed by atoms with E-state index in [2.05, 4.69) is 15.5 Å². The summed E-state index contributed by atoms with van der Waals surface area (Å²) in [6, 6.07) is 15.2. The lowest BCUT2D eigenvalue weighted by molar-refractivity contribution is -0.113. The van der Waals surface area contributed by atoms with Crippen LogP contribution in [-0.2, 0) is 4.79 Å². The fraction of sp³-hybridized carbons (Fsp3) is 0.0476. The third-order valence-corrected chi connectivity index (χ3v) is 6.11. The molecule has 0 radical (unpaired) electrons. The van der Waals surface area contributed by atoms with E-state index in [9.17, 15) is 14.0 Å². The Kier molecular flexibility index (Phi) is 5.73. The summed E-state index contributed by atoms with van der Waals surface area (Å²) in [5.74, 6) is -1.10. The smallest absolute Gasteiger partial charge is 0.251 e. The van der Waals surface area contributed by atoms with Crippen molar-refractivity contribution >= 4 is 50.7 Å².